The van der Waals surface area contributed by atoms with Crippen LogP contribution in [0.1, 0.15) is 39.8 Å². The second-order valence-electron chi connectivity index (χ2n) is 4.45. The molecule has 6 heteroatoms. The van der Waals surface area contributed by atoms with Crippen LogP contribution in [0.4, 0.5) is 5.82 Å². The Balaban J connectivity index is 1.90. The summed E-state index contributed by atoms with van der Waals surface area (Å²) in [5, 5.41) is 14.4. The van der Waals surface area contributed by atoms with Crippen LogP contribution in [0.15, 0.2) is 23.8 Å². The third-order valence-corrected chi connectivity index (χ3v) is 4.26. The van der Waals surface area contributed by atoms with E-state index in [1.54, 1.807) is 11.3 Å². The van der Waals surface area contributed by atoms with Crippen molar-refractivity contribution in [3.05, 3.63) is 40.0 Å². The van der Waals surface area contributed by atoms with Crippen LogP contribution in [0.3, 0.4) is 0 Å². The SMILES string of the molecule is O=C(O)c1nccnc1NC1CCCc2sccc21. The zero-order valence-electron chi connectivity index (χ0n) is 10.2. The highest BCUT2D eigenvalue weighted by Crippen LogP contribution is 2.35. The molecule has 0 radical (unpaired) electrons. The lowest BCUT2D eigenvalue weighted by molar-refractivity contribution is 0.0691. The second kappa shape index (κ2) is 4.97. The van der Waals surface area contributed by atoms with Crippen LogP contribution < -0.4 is 5.32 Å². The van der Waals surface area contributed by atoms with Gasteiger partial charge in [0.2, 0.25) is 0 Å². The van der Waals surface area contributed by atoms with Gasteiger partial charge in [0, 0.05) is 17.3 Å². The summed E-state index contributed by atoms with van der Waals surface area (Å²) in [7, 11) is 0. The molecule has 5 nitrogen and oxygen atoms in total. The van der Waals surface area contributed by atoms with Crippen LogP contribution in [0, 0.1) is 0 Å². The number of nitrogens with one attached hydrogen (secondary N) is 1. The third-order valence-electron chi connectivity index (χ3n) is 3.26. The predicted molar refractivity (Wildman–Crippen MR) is 72.6 cm³/mol. The number of carbonyl (C=O) groups is 1. The van der Waals surface area contributed by atoms with Crippen LogP contribution in [-0.4, -0.2) is 21.0 Å². The summed E-state index contributed by atoms with van der Waals surface area (Å²) in [4.78, 5) is 20.5. The van der Waals surface area contributed by atoms with Gasteiger partial charge in [-0.1, -0.05) is 0 Å². The van der Waals surface area contributed by atoms with Gasteiger partial charge in [-0.3, -0.25) is 0 Å². The molecule has 2 aromatic rings. The summed E-state index contributed by atoms with van der Waals surface area (Å²) in [6, 6.07) is 2.23. The molecule has 2 N–H and O–H groups in total. The molecule has 1 unspecified atom stereocenters. The average molecular weight is 275 g/mol. The highest BCUT2D eigenvalue weighted by atomic mass is 32.1. The van der Waals surface area contributed by atoms with Crippen molar-refractivity contribution in [2.24, 2.45) is 0 Å². The maximum Gasteiger partial charge on any atom is 0.358 e. The van der Waals surface area contributed by atoms with Gasteiger partial charge in [0.25, 0.3) is 0 Å². The summed E-state index contributed by atoms with van der Waals surface area (Å²) < 4.78 is 0. The quantitative estimate of drug-likeness (QED) is 0.900. The highest BCUT2D eigenvalue weighted by molar-refractivity contribution is 7.10. The molecule has 0 saturated heterocycles. The van der Waals surface area contributed by atoms with Crippen molar-refractivity contribution >= 4 is 23.1 Å². The Morgan fingerprint density at radius 1 is 1.42 bits per heavy atom. The monoisotopic (exact) mass is 275 g/mol. The summed E-state index contributed by atoms with van der Waals surface area (Å²) in [5.41, 5.74) is 1.24. The van der Waals surface area contributed by atoms with E-state index < -0.39 is 5.97 Å². The van der Waals surface area contributed by atoms with E-state index in [-0.39, 0.29) is 11.7 Å². The van der Waals surface area contributed by atoms with E-state index in [4.69, 9.17) is 5.11 Å². The Bertz CT molecular complexity index is 611. The molecule has 1 aliphatic carbocycles. The van der Waals surface area contributed by atoms with Gasteiger partial charge in [-0.15, -0.1) is 11.3 Å². The largest absolute Gasteiger partial charge is 0.476 e. The lowest BCUT2D eigenvalue weighted by atomic mass is 9.94. The van der Waals surface area contributed by atoms with E-state index in [1.165, 1.54) is 22.8 Å². The molecular formula is C13H13N3O2S. The summed E-state index contributed by atoms with van der Waals surface area (Å²) >= 11 is 1.76. The molecule has 0 fully saturated rings. The van der Waals surface area contributed by atoms with E-state index >= 15 is 0 Å². The molecule has 0 aliphatic heterocycles. The number of fused-ring (bicyclic) bond motifs is 1. The van der Waals surface area contributed by atoms with Gasteiger partial charge < -0.3 is 10.4 Å². The number of aryl methyl sites for hydroxylation is 1. The first-order valence-electron chi connectivity index (χ1n) is 6.13. The lowest BCUT2D eigenvalue weighted by Crippen LogP contribution is -2.18. The van der Waals surface area contributed by atoms with Gasteiger partial charge in [0.05, 0.1) is 6.04 Å². The number of rotatable bonds is 3. The van der Waals surface area contributed by atoms with E-state index in [0.29, 0.717) is 5.82 Å². The Hall–Kier alpha value is -1.95. The fourth-order valence-electron chi connectivity index (χ4n) is 2.40. The highest BCUT2D eigenvalue weighted by Gasteiger charge is 2.23. The van der Waals surface area contributed by atoms with Crippen molar-refractivity contribution in [1.29, 1.82) is 0 Å². The maximum absolute atomic E-state index is 11.1. The van der Waals surface area contributed by atoms with Crippen molar-refractivity contribution in [1.82, 2.24) is 9.97 Å². The zero-order chi connectivity index (χ0) is 13.2. The molecule has 0 bridgehead atoms. The number of carboxylic acids is 1. The molecule has 1 aliphatic rings. The molecule has 2 aromatic heterocycles. The van der Waals surface area contributed by atoms with Crippen LogP contribution in [0.5, 0.6) is 0 Å². The zero-order valence-corrected chi connectivity index (χ0v) is 11.0. The van der Waals surface area contributed by atoms with Crippen molar-refractivity contribution < 1.29 is 9.90 Å². The Labute approximate surface area is 114 Å². The molecule has 98 valence electrons. The number of nitrogens with zero attached hydrogens (tertiary/aromatic N) is 2. The normalized spacial score (nSPS) is 17.8. The number of thiophene rings is 1. The molecule has 0 aromatic carbocycles. The Morgan fingerprint density at radius 3 is 3.11 bits per heavy atom. The van der Waals surface area contributed by atoms with E-state index in [2.05, 4.69) is 26.7 Å². The first-order valence-corrected chi connectivity index (χ1v) is 7.01. The van der Waals surface area contributed by atoms with E-state index in [9.17, 15) is 4.79 Å². The Kier molecular flexibility index (Phi) is 3.16. The first-order chi connectivity index (χ1) is 9.25. The lowest BCUT2D eigenvalue weighted by Gasteiger charge is -2.24. The molecular weight excluding hydrogens is 262 g/mol. The van der Waals surface area contributed by atoms with E-state index in [0.717, 1.165) is 19.3 Å². The van der Waals surface area contributed by atoms with Crippen molar-refractivity contribution in [2.75, 3.05) is 5.32 Å². The second-order valence-corrected chi connectivity index (χ2v) is 5.45. The first kappa shape index (κ1) is 12.1. The molecule has 19 heavy (non-hydrogen) atoms. The minimum Gasteiger partial charge on any atom is -0.476 e. The van der Waals surface area contributed by atoms with Gasteiger partial charge in [0.1, 0.15) is 0 Å². The Morgan fingerprint density at radius 2 is 2.26 bits per heavy atom. The number of aromatic nitrogens is 2. The van der Waals surface area contributed by atoms with Crippen molar-refractivity contribution in [2.45, 2.75) is 25.3 Å². The number of hydrogen-bond acceptors (Lipinski definition) is 5. The van der Waals surface area contributed by atoms with Crippen LogP contribution in [-0.2, 0) is 6.42 Å². The van der Waals surface area contributed by atoms with Gasteiger partial charge in [0.15, 0.2) is 11.5 Å². The minimum absolute atomic E-state index is 0.0233. The molecule has 0 saturated carbocycles. The molecule has 0 amide bonds. The van der Waals surface area contributed by atoms with Crippen molar-refractivity contribution in [3.8, 4) is 0 Å². The van der Waals surface area contributed by atoms with Crippen molar-refractivity contribution in [3.63, 3.8) is 0 Å². The fraction of sp³-hybridized carbons (Fsp3) is 0.308. The topological polar surface area (TPSA) is 75.1 Å². The number of aromatic carboxylic acids is 1. The predicted octanol–water partition coefficient (Wildman–Crippen LogP) is 2.73. The minimum atomic E-state index is -1.06. The average Bonchev–Trinajstić information content (AvgIpc) is 2.88. The van der Waals surface area contributed by atoms with Crippen LogP contribution in [0.25, 0.3) is 0 Å². The maximum atomic E-state index is 11.1. The number of carboxylic acid groups (broad SMARTS) is 1. The van der Waals surface area contributed by atoms with Gasteiger partial charge in [-0.25, -0.2) is 14.8 Å². The van der Waals surface area contributed by atoms with Gasteiger partial charge in [-0.2, -0.15) is 0 Å². The van der Waals surface area contributed by atoms with Crippen LogP contribution in [0.2, 0.25) is 0 Å². The van der Waals surface area contributed by atoms with Crippen LogP contribution >= 0.6 is 11.3 Å². The van der Waals surface area contributed by atoms with E-state index in [1.807, 2.05) is 0 Å². The third kappa shape index (κ3) is 2.31. The standard InChI is InChI=1S/C13H13N3O2S/c17-13(18)11-12(15-6-5-14-11)16-9-2-1-3-10-8(9)4-7-19-10/h4-7,9H,1-3H2,(H,15,16)(H,17,18). The summed E-state index contributed by atoms with van der Waals surface area (Å²) in [5.74, 6) is -0.712. The number of hydrogen-bond donors (Lipinski definition) is 2. The number of anilines is 1. The smallest absolute Gasteiger partial charge is 0.358 e. The molecule has 2 heterocycles. The summed E-state index contributed by atoms with van der Waals surface area (Å²) in [6.45, 7) is 0. The molecule has 0 spiro atoms. The molecule has 3 rings (SSSR count). The molecule has 1 atom stereocenters. The van der Waals surface area contributed by atoms with Gasteiger partial charge >= 0.3 is 5.97 Å². The summed E-state index contributed by atoms with van der Waals surface area (Å²) in [6.07, 6.45) is 6.10. The van der Waals surface area contributed by atoms with Gasteiger partial charge in [-0.05, 0) is 36.3 Å². The fourth-order valence-corrected chi connectivity index (χ4v) is 3.39.